The number of ether oxygens (including phenoxy) is 1. The first kappa shape index (κ1) is 21.9. The minimum atomic E-state index is -4.14. The van der Waals surface area contributed by atoms with Crippen molar-refractivity contribution in [3.63, 3.8) is 0 Å². The van der Waals surface area contributed by atoms with Gasteiger partial charge in [0.05, 0.1) is 25.0 Å². The molecule has 10 heteroatoms. The van der Waals surface area contributed by atoms with E-state index in [1.54, 1.807) is 13.8 Å². The Bertz CT molecular complexity index is 717. The van der Waals surface area contributed by atoms with E-state index in [1.807, 2.05) is 4.72 Å². The van der Waals surface area contributed by atoms with Gasteiger partial charge >= 0.3 is 5.97 Å². The van der Waals surface area contributed by atoms with E-state index in [1.165, 1.54) is 36.3 Å². The zero-order valence-corrected chi connectivity index (χ0v) is 15.7. The quantitative estimate of drug-likeness (QED) is 0.515. The number of carbonyl (C=O) groups is 2. The number of sulfonamides is 1. The van der Waals surface area contributed by atoms with Crippen LogP contribution in [-0.2, 0) is 19.6 Å². The number of aliphatic carboxylic acids is 1. The standard InChI is InChI=1S/C16H24N2O7S/c1-11(2)18(8-9-19)15(20)10-14(16(21)22)17-26(23,24)13-6-4-12(25-3)5-7-13/h4-7,11,14,17,19H,8-10H2,1-3H3,(H,21,22)/t14-/m1/s1. The fraction of sp³-hybridized carbons (Fsp3) is 0.500. The van der Waals surface area contributed by atoms with Crippen molar-refractivity contribution in [2.75, 3.05) is 20.3 Å². The van der Waals surface area contributed by atoms with Crippen molar-refractivity contribution in [2.24, 2.45) is 0 Å². The van der Waals surface area contributed by atoms with Crippen molar-refractivity contribution in [3.8, 4) is 5.75 Å². The van der Waals surface area contributed by atoms with Crippen LogP contribution < -0.4 is 9.46 Å². The number of carboxylic acid groups (broad SMARTS) is 1. The summed E-state index contributed by atoms with van der Waals surface area (Å²) < 4.78 is 31.7. The lowest BCUT2D eigenvalue weighted by atomic mass is 10.2. The van der Waals surface area contributed by atoms with Crippen LogP contribution in [0.4, 0.5) is 0 Å². The van der Waals surface area contributed by atoms with Crippen molar-refractivity contribution in [1.29, 1.82) is 0 Å². The number of amides is 1. The van der Waals surface area contributed by atoms with Crippen LogP contribution in [0.2, 0.25) is 0 Å². The molecule has 1 atom stereocenters. The van der Waals surface area contributed by atoms with Gasteiger partial charge in [0, 0.05) is 12.6 Å². The van der Waals surface area contributed by atoms with Crippen LogP contribution in [0.15, 0.2) is 29.2 Å². The molecule has 0 radical (unpaired) electrons. The number of rotatable bonds is 10. The number of nitrogens with zero attached hydrogens (tertiary/aromatic N) is 1. The maximum atomic E-state index is 12.4. The molecule has 1 aromatic rings. The van der Waals surface area contributed by atoms with Crippen molar-refractivity contribution in [1.82, 2.24) is 9.62 Å². The number of hydrogen-bond donors (Lipinski definition) is 3. The van der Waals surface area contributed by atoms with E-state index in [0.717, 1.165) is 0 Å². The molecule has 0 aromatic heterocycles. The summed E-state index contributed by atoms with van der Waals surface area (Å²) in [6, 6.07) is 3.51. The number of hydrogen-bond acceptors (Lipinski definition) is 6. The zero-order valence-electron chi connectivity index (χ0n) is 14.9. The molecular weight excluding hydrogens is 364 g/mol. The van der Waals surface area contributed by atoms with E-state index >= 15 is 0 Å². The molecule has 0 saturated carbocycles. The SMILES string of the molecule is COc1ccc(S(=O)(=O)N[C@H](CC(=O)N(CCO)C(C)C)C(=O)O)cc1. The van der Waals surface area contributed by atoms with E-state index < -0.39 is 34.4 Å². The highest BCUT2D eigenvalue weighted by Gasteiger charge is 2.30. The lowest BCUT2D eigenvalue weighted by Gasteiger charge is -2.27. The van der Waals surface area contributed by atoms with E-state index in [9.17, 15) is 23.1 Å². The maximum Gasteiger partial charge on any atom is 0.322 e. The first-order chi connectivity index (χ1) is 12.1. The number of nitrogens with one attached hydrogen (secondary N) is 1. The second kappa shape index (κ2) is 9.51. The topological polar surface area (TPSA) is 133 Å². The van der Waals surface area contributed by atoms with Gasteiger partial charge in [-0.1, -0.05) is 0 Å². The second-order valence-corrected chi connectivity index (χ2v) is 7.51. The molecule has 0 spiro atoms. The Morgan fingerprint density at radius 2 is 1.81 bits per heavy atom. The predicted octanol–water partition coefficient (Wildman–Crippen LogP) is 0.0461. The number of aliphatic hydroxyl groups is 1. The molecule has 0 aliphatic rings. The van der Waals surface area contributed by atoms with Gasteiger partial charge in [-0.25, -0.2) is 8.42 Å². The fourth-order valence-corrected chi connectivity index (χ4v) is 3.45. The van der Waals surface area contributed by atoms with Crippen LogP contribution in [0.1, 0.15) is 20.3 Å². The molecule has 1 aromatic carbocycles. The van der Waals surface area contributed by atoms with Crippen LogP contribution in [0.3, 0.4) is 0 Å². The van der Waals surface area contributed by atoms with E-state index in [0.29, 0.717) is 5.75 Å². The number of benzene rings is 1. The van der Waals surface area contributed by atoms with E-state index in [4.69, 9.17) is 9.84 Å². The minimum Gasteiger partial charge on any atom is -0.497 e. The zero-order chi connectivity index (χ0) is 19.9. The smallest absolute Gasteiger partial charge is 0.322 e. The molecule has 0 saturated heterocycles. The Kier molecular flexibility index (Phi) is 8.00. The highest BCUT2D eigenvalue weighted by molar-refractivity contribution is 7.89. The molecule has 0 bridgehead atoms. The number of carbonyl (C=O) groups excluding carboxylic acids is 1. The van der Waals surface area contributed by atoms with Crippen LogP contribution in [0, 0.1) is 0 Å². The molecule has 0 aliphatic carbocycles. The lowest BCUT2D eigenvalue weighted by molar-refractivity contribution is -0.143. The van der Waals surface area contributed by atoms with Gasteiger partial charge in [-0.15, -0.1) is 0 Å². The average molecular weight is 388 g/mol. The lowest BCUT2D eigenvalue weighted by Crippen LogP contribution is -2.47. The Hall–Kier alpha value is -2.17. The third-order valence-electron chi connectivity index (χ3n) is 3.63. The van der Waals surface area contributed by atoms with Crippen molar-refractivity contribution < 1.29 is 33.0 Å². The average Bonchev–Trinajstić information content (AvgIpc) is 2.58. The minimum absolute atomic E-state index is 0.0358. The molecule has 146 valence electrons. The van der Waals surface area contributed by atoms with Crippen LogP contribution in [0.5, 0.6) is 5.75 Å². The van der Waals surface area contributed by atoms with Crippen LogP contribution in [-0.4, -0.2) is 67.8 Å². The van der Waals surface area contributed by atoms with Gasteiger partial charge in [0.15, 0.2) is 0 Å². The van der Waals surface area contributed by atoms with E-state index in [-0.39, 0.29) is 24.1 Å². The fourth-order valence-electron chi connectivity index (χ4n) is 2.26. The molecule has 0 fully saturated rings. The number of carboxylic acids is 1. The predicted molar refractivity (Wildman–Crippen MR) is 93.3 cm³/mol. The molecule has 0 aliphatic heterocycles. The van der Waals surface area contributed by atoms with E-state index in [2.05, 4.69) is 0 Å². The van der Waals surface area contributed by atoms with Crippen LogP contribution in [0.25, 0.3) is 0 Å². The Morgan fingerprint density at radius 3 is 2.23 bits per heavy atom. The summed E-state index contributed by atoms with van der Waals surface area (Å²) in [5.74, 6) is -1.59. The first-order valence-electron chi connectivity index (χ1n) is 7.92. The maximum absolute atomic E-state index is 12.4. The van der Waals surface area contributed by atoms with Gasteiger partial charge in [-0.05, 0) is 38.1 Å². The molecule has 9 nitrogen and oxygen atoms in total. The molecule has 3 N–H and O–H groups in total. The summed E-state index contributed by atoms with van der Waals surface area (Å²) in [6.45, 7) is 3.18. The summed E-state index contributed by atoms with van der Waals surface area (Å²) >= 11 is 0. The van der Waals surface area contributed by atoms with Gasteiger partial charge in [0.1, 0.15) is 11.8 Å². The summed E-state index contributed by atoms with van der Waals surface area (Å²) in [5, 5.41) is 18.3. The molecular formula is C16H24N2O7S. The third kappa shape index (κ3) is 5.97. The number of aliphatic hydroxyl groups excluding tert-OH is 1. The highest BCUT2D eigenvalue weighted by Crippen LogP contribution is 2.16. The van der Waals surface area contributed by atoms with Crippen LogP contribution >= 0.6 is 0 Å². The Labute approximate surface area is 152 Å². The normalized spacial score (nSPS) is 12.7. The molecule has 0 heterocycles. The summed E-state index contributed by atoms with van der Waals surface area (Å²) in [4.78, 5) is 24.9. The first-order valence-corrected chi connectivity index (χ1v) is 9.40. The van der Waals surface area contributed by atoms with Gasteiger partial charge in [0.25, 0.3) is 0 Å². The van der Waals surface area contributed by atoms with Crippen molar-refractivity contribution >= 4 is 21.9 Å². The van der Waals surface area contributed by atoms with Gasteiger partial charge in [-0.2, -0.15) is 4.72 Å². The van der Waals surface area contributed by atoms with Gasteiger partial charge in [0.2, 0.25) is 15.9 Å². The Morgan fingerprint density at radius 1 is 1.23 bits per heavy atom. The van der Waals surface area contributed by atoms with Gasteiger partial charge < -0.3 is 19.8 Å². The van der Waals surface area contributed by atoms with Gasteiger partial charge in [-0.3, -0.25) is 9.59 Å². The van der Waals surface area contributed by atoms with Crippen molar-refractivity contribution in [3.05, 3.63) is 24.3 Å². The molecule has 1 amide bonds. The Balaban J connectivity index is 2.96. The molecule has 1 rings (SSSR count). The highest BCUT2D eigenvalue weighted by atomic mass is 32.2. The molecule has 0 unspecified atom stereocenters. The summed E-state index contributed by atoms with van der Waals surface area (Å²) in [7, 11) is -2.71. The van der Waals surface area contributed by atoms with Crippen molar-refractivity contribution in [2.45, 2.75) is 37.2 Å². The third-order valence-corrected chi connectivity index (χ3v) is 5.12. The summed E-state index contributed by atoms with van der Waals surface area (Å²) in [5.41, 5.74) is 0. The monoisotopic (exact) mass is 388 g/mol. The molecule has 26 heavy (non-hydrogen) atoms. The summed E-state index contributed by atoms with van der Waals surface area (Å²) in [6.07, 6.45) is -0.567. The second-order valence-electron chi connectivity index (χ2n) is 5.80. The number of methoxy groups -OCH3 is 1. The largest absolute Gasteiger partial charge is 0.497 e.